The fourth-order valence-electron chi connectivity index (χ4n) is 2.63. The highest BCUT2D eigenvalue weighted by molar-refractivity contribution is 6.17. The van der Waals surface area contributed by atoms with Crippen LogP contribution in [0.1, 0.15) is 26.7 Å². The molecule has 0 radical (unpaired) electrons. The van der Waals surface area contributed by atoms with E-state index in [4.69, 9.17) is 25.8 Å². The van der Waals surface area contributed by atoms with Crippen molar-refractivity contribution in [2.45, 2.75) is 39.1 Å². The van der Waals surface area contributed by atoms with Crippen LogP contribution < -0.4 is 0 Å². The Morgan fingerprint density at radius 3 is 3.11 bits per heavy atom. The van der Waals surface area contributed by atoms with E-state index in [2.05, 4.69) is 19.9 Å². The summed E-state index contributed by atoms with van der Waals surface area (Å²) < 4.78 is 17.1. The normalized spacial score (nSPS) is 36.7. The van der Waals surface area contributed by atoms with E-state index in [1.54, 1.807) is 0 Å². The number of rotatable bonds is 5. The fraction of sp³-hybridized carbons (Fsp3) is 0.857. The monoisotopic (exact) mass is 274 g/mol. The Balaban J connectivity index is 1.79. The SMILES string of the molecule is CC1=CC[C@@H](C)[C@@H]([C@@H]2OC[C@H](COCCCl)O2)C1. The molecule has 0 aromatic heterocycles. The summed E-state index contributed by atoms with van der Waals surface area (Å²) in [5, 5.41) is 0. The predicted molar refractivity (Wildman–Crippen MR) is 71.8 cm³/mol. The third-order valence-electron chi connectivity index (χ3n) is 3.77. The topological polar surface area (TPSA) is 27.7 Å². The van der Waals surface area contributed by atoms with E-state index in [9.17, 15) is 0 Å². The van der Waals surface area contributed by atoms with Crippen molar-refractivity contribution in [1.29, 1.82) is 0 Å². The van der Waals surface area contributed by atoms with E-state index in [-0.39, 0.29) is 12.4 Å². The summed E-state index contributed by atoms with van der Waals surface area (Å²) in [6.45, 7) is 6.26. The van der Waals surface area contributed by atoms with E-state index in [1.807, 2.05) is 0 Å². The lowest BCUT2D eigenvalue weighted by atomic mass is 9.81. The van der Waals surface area contributed by atoms with Crippen molar-refractivity contribution in [1.82, 2.24) is 0 Å². The summed E-state index contributed by atoms with van der Waals surface area (Å²) in [5.41, 5.74) is 1.45. The summed E-state index contributed by atoms with van der Waals surface area (Å²) in [6.07, 6.45) is 4.55. The van der Waals surface area contributed by atoms with Crippen LogP contribution in [0.4, 0.5) is 0 Å². The van der Waals surface area contributed by atoms with Crippen molar-refractivity contribution in [3.63, 3.8) is 0 Å². The van der Waals surface area contributed by atoms with E-state index >= 15 is 0 Å². The van der Waals surface area contributed by atoms with Gasteiger partial charge in [0.25, 0.3) is 0 Å². The van der Waals surface area contributed by atoms with Gasteiger partial charge in [0.15, 0.2) is 6.29 Å². The highest BCUT2D eigenvalue weighted by atomic mass is 35.5. The number of ether oxygens (including phenoxy) is 3. The van der Waals surface area contributed by atoms with Gasteiger partial charge in [0, 0.05) is 11.8 Å². The van der Waals surface area contributed by atoms with Crippen molar-refractivity contribution in [3.8, 4) is 0 Å². The van der Waals surface area contributed by atoms with Crippen LogP contribution in [-0.2, 0) is 14.2 Å². The second-order valence-corrected chi connectivity index (χ2v) is 5.73. The van der Waals surface area contributed by atoms with Gasteiger partial charge in [-0.25, -0.2) is 0 Å². The summed E-state index contributed by atoms with van der Waals surface area (Å²) in [4.78, 5) is 0. The third-order valence-corrected chi connectivity index (χ3v) is 3.93. The third kappa shape index (κ3) is 3.70. The van der Waals surface area contributed by atoms with Gasteiger partial charge in [-0.2, -0.15) is 0 Å². The average molecular weight is 275 g/mol. The largest absolute Gasteiger partial charge is 0.377 e. The molecule has 4 atom stereocenters. The van der Waals surface area contributed by atoms with Crippen LogP contribution in [0.3, 0.4) is 0 Å². The predicted octanol–water partition coefficient (Wildman–Crippen LogP) is 2.98. The zero-order chi connectivity index (χ0) is 13.0. The molecule has 0 spiro atoms. The van der Waals surface area contributed by atoms with Gasteiger partial charge in [-0.05, 0) is 25.7 Å². The van der Waals surface area contributed by atoms with Crippen LogP contribution in [0.25, 0.3) is 0 Å². The molecule has 1 fully saturated rings. The molecule has 18 heavy (non-hydrogen) atoms. The first kappa shape index (κ1) is 14.3. The summed E-state index contributed by atoms with van der Waals surface area (Å²) in [7, 11) is 0. The molecule has 104 valence electrons. The molecule has 0 amide bonds. The van der Waals surface area contributed by atoms with Crippen molar-refractivity contribution >= 4 is 11.6 Å². The van der Waals surface area contributed by atoms with Crippen LogP contribution in [0.15, 0.2) is 11.6 Å². The van der Waals surface area contributed by atoms with Crippen molar-refractivity contribution in [3.05, 3.63) is 11.6 Å². The Kier molecular flexibility index (Phi) is 5.49. The lowest BCUT2D eigenvalue weighted by Gasteiger charge is -2.31. The molecule has 0 saturated carbocycles. The summed E-state index contributed by atoms with van der Waals surface area (Å²) >= 11 is 5.57. The number of halogens is 1. The van der Waals surface area contributed by atoms with E-state index in [0.29, 0.717) is 37.5 Å². The first-order valence-corrected chi connectivity index (χ1v) is 7.30. The molecule has 1 saturated heterocycles. The minimum atomic E-state index is -0.0618. The number of hydrogen-bond donors (Lipinski definition) is 0. The molecule has 4 heteroatoms. The minimum absolute atomic E-state index is 0.0618. The Hall–Kier alpha value is -0.0900. The van der Waals surface area contributed by atoms with Gasteiger partial charge in [-0.3, -0.25) is 0 Å². The van der Waals surface area contributed by atoms with Gasteiger partial charge in [-0.1, -0.05) is 18.6 Å². The molecule has 0 aromatic carbocycles. The van der Waals surface area contributed by atoms with Gasteiger partial charge in [0.2, 0.25) is 0 Å². The molecule has 0 aromatic rings. The highest BCUT2D eigenvalue weighted by Gasteiger charge is 2.36. The van der Waals surface area contributed by atoms with Crippen molar-refractivity contribution < 1.29 is 14.2 Å². The Morgan fingerprint density at radius 2 is 2.33 bits per heavy atom. The Labute approximate surface area is 114 Å². The molecule has 1 heterocycles. The lowest BCUT2D eigenvalue weighted by Crippen LogP contribution is -2.30. The summed E-state index contributed by atoms with van der Waals surface area (Å²) in [5.74, 6) is 1.63. The fourth-order valence-corrected chi connectivity index (χ4v) is 2.74. The highest BCUT2D eigenvalue weighted by Crippen LogP contribution is 2.35. The molecular formula is C14H23ClO3. The standard InChI is InChI=1S/C14H23ClO3/c1-10-3-4-11(2)13(7-10)14-17-9-12(18-14)8-16-6-5-15/h3,11-14H,4-9H2,1-2H3/t11-,12+,13+,14-/m1/s1. The van der Waals surface area contributed by atoms with Crippen LogP contribution in [-0.4, -0.2) is 38.1 Å². The first-order chi connectivity index (χ1) is 8.70. The smallest absolute Gasteiger partial charge is 0.161 e. The number of alkyl halides is 1. The number of allylic oxidation sites excluding steroid dienone is 2. The molecule has 1 aliphatic heterocycles. The molecule has 0 bridgehead atoms. The van der Waals surface area contributed by atoms with Gasteiger partial charge in [-0.15, -0.1) is 11.6 Å². The number of hydrogen-bond acceptors (Lipinski definition) is 3. The Morgan fingerprint density at radius 1 is 1.50 bits per heavy atom. The van der Waals surface area contributed by atoms with Gasteiger partial charge < -0.3 is 14.2 Å². The maximum atomic E-state index is 5.95. The Bertz CT molecular complexity index is 293. The summed E-state index contributed by atoms with van der Waals surface area (Å²) in [6, 6.07) is 0. The molecule has 0 unspecified atom stereocenters. The van der Waals surface area contributed by atoms with E-state index in [0.717, 1.165) is 12.8 Å². The molecule has 0 N–H and O–H groups in total. The van der Waals surface area contributed by atoms with Gasteiger partial charge in [0.1, 0.15) is 6.10 Å². The second-order valence-electron chi connectivity index (χ2n) is 5.36. The van der Waals surface area contributed by atoms with Crippen LogP contribution in [0.5, 0.6) is 0 Å². The maximum Gasteiger partial charge on any atom is 0.161 e. The minimum Gasteiger partial charge on any atom is -0.377 e. The van der Waals surface area contributed by atoms with Gasteiger partial charge in [0.05, 0.1) is 19.8 Å². The molecule has 1 aliphatic carbocycles. The maximum absolute atomic E-state index is 5.95. The van der Waals surface area contributed by atoms with E-state index < -0.39 is 0 Å². The zero-order valence-electron chi connectivity index (χ0n) is 11.2. The van der Waals surface area contributed by atoms with Crippen LogP contribution in [0, 0.1) is 11.8 Å². The lowest BCUT2D eigenvalue weighted by molar-refractivity contribution is -0.118. The van der Waals surface area contributed by atoms with Crippen LogP contribution >= 0.6 is 11.6 Å². The van der Waals surface area contributed by atoms with Crippen molar-refractivity contribution in [2.24, 2.45) is 11.8 Å². The first-order valence-electron chi connectivity index (χ1n) is 6.77. The molecule has 2 aliphatic rings. The molecule has 3 nitrogen and oxygen atoms in total. The quantitative estimate of drug-likeness (QED) is 0.438. The van der Waals surface area contributed by atoms with Crippen molar-refractivity contribution in [2.75, 3.05) is 25.7 Å². The van der Waals surface area contributed by atoms with Crippen LogP contribution in [0.2, 0.25) is 0 Å². The molecule has 2 rings (SSSR count). The molecular weight excluding hydrogens is 252 g/mol. The second kappa shape index (κ2) is 6.90. The zero-order valence-corrected chi connectivity index (χ0v) is 12.0. The van der Waals surface area contributed by atoms with Gasteiger partial charge >= 0.3 is 0 Å². The average Bonchev–Trinajstić information content (AvgIpc) is 2.81. The van der Waals surface area contributed by atoms with E-state index in [1.165, 1.54) is 5.57 Å².